The van der Waals surface area contributed by atoms with E-state index in [4.69, 9.17) is 11.6 Å². The van der Waals surface area contributed by atoms with Crippen LogP contribution < -0.4 is 5.32 Å². The van der Waals surface area contributed by atoms with Crippen LogP contribution in [0.15, 0.2) is 42.5 Å². The number of nitrogens with one attached hydrogen (secondary N) is 1. The van der Waals surface area contributed by atoms with E-state index in [0.717, 1.165) is 24.7 Å². The average molecular weight is 329 g/mol. The van der Waals surface area contributed by atoms with Crippen molar-refractivity contribution < 1.29 is 0 Å². The lowest BCUT2D eigenvalue weighted by atomic mass is 10.0. The second-order valence-electron chi connectivity index (χ2n) is 6.70. The minimum absolute atomic E-state index is 0.576. The van der Waals surface area contributed by atoms with Crippen molar-refractivity contribution in [3.05, 3.63) is 64.2 Å². The molecule has 2 nitrogen and oxygen atoms in total. The lowest BCUT2D eigenvalue weighted by Crippen LogP contribution is -2.38. The maximum absolute atomic E-state index is 6.07. The summed E-state index contributed by atoms with van der Waals surface area (Å²) in [5.74, 6) is 0. The van der Waals surface area contributed by atoms with Gasteiger partial charge < -0.3 is 5.32 Å². The summed E-state index contributed by atoms with van der Waals surface area (Å²) in [7, 11) is 0. The lowest BCUT2D eigenvalue weighted by Gasteiger charge is -2.33. The van der Waals surface area contributed by atoms with Gasteiger partial charge in [0.25, 0.3) is 0 Å². The van der Waals surface area contributed by atoms with E-state index in [0.29, 0.717) is 6.04 Å². The number of hydrogen-bond acceptors (Lipinski definition) is 2. The fourth-order valence-corrected chi connectivity index (χ4v) is 3.64. The van der Waals surface area contributed by atoms with Crippen LogP contribution in [0.3, 0.4) is 0 Å². The Kier molecular flexibility index (Phi) is 5.24. The van der Waals surface area contributed by atoms with Crippen molar-refractivity contribution in [1.29, 1.82) is 0 Å². The van der Waals surface area contributed by atoms with Crippen LogP contribution in [0, 0.1) is 13.8 Å². The Morgan fingerprint density at radius 3 is 2.39 bits per heavy atom. The molecule has 1 saturated heterocycles. The molecule has 1 fully saturated rings. The monoisotopic (exact) mass is 328 g/mol. The molecular weight excluding hydrogens is 304 g/mol. The number of piperidine rings is 1. The molecule has 0 aliphatic carbocycles. The number of halogens is 1. The third kappa shape index (κ3) is 4.73. The standard InChI is InChI=1S/C20H25ClN2/c1-15-10-16(2)12-20(11-15)22-19-6-8-23(9-7-19)14-17-4-3-5-18(21)13-17/h3-5,10-13,19,22H,6-9,14H2,1-2H3. The second kappa shape index (κ2) is 7.37. The van der Waals surface area contributed by atoms with Gasteiger partial charge in [0.1, 0.15) is 0 Å². The van der Waals surface area contributed by atoms with Gasteiger partial charge in [-0.05, 0) is 67.6 Å². The summed E-state index contributed by atoms with van der Waals surface area (Å²) in [6.45, 7) is 7.58. The van der Waals surface area contributed by atoms with Crippen LogP contribution >= 0.6 is 11.6 Å². The first-order chi connectivity index (χ1) is 11.1. The van der Waals surface area contributed by atoms with E-state index < -0.39 is 0 Å². The predicted octanol–water partition coefficient (Wildman–Crippen LogP) is 5.03. The Morgan fingerprint density at radius 1 is 1.04 bits per heavy atom. The van der Waals surface area contributed by atoms with Crippen molar-refractivity contribution in [3.8, 4) is 0 Å². The van der Waals surface area contributed by atoms with Gasteiger partial charge in [-0.1, -0.05) is 29.8 Å². The van der Waals surface area contributed by atoms with Crippen molar-refractivity contribution >= 4 is 17.3 Å². The molecule has 122 valence electrons. The molecule has 3 rings (SSSR count). The van der Waals surface area contributed by atoms with E-state index in [2.05, 4.69) is 54.4 Å². The van der Waals surface area contributed by atoms with E-state index in [9.17, 15) is 0 Å². The molecule has 1 N–H and O–H groups in total. The summed E-state index contributed by atoms with van der Waals surface area (Å²) in [6.07, 6.45) is 2.38. The molecule has 0 bridgehead atoms. The van der Waals surface area contributed by atoms with Crippen LogP contribution in [0.4, 0.5) is 5.69 Å². The zero-order valence-electron chi connectivity index (χ0n) is 14.0. The van der Waals surface area contributed by atoms with Gasteiger partial charge in [0.05, 0.1) is 0 Å². The Labute approximate surface area is 144 Å². The minimum Gasteiger partial charge on any atom is -0.382 e. The highest BCUT2D eigenvalue weighted by Crippen LogP contribution is 2.21. The van der Waals surface area contributed by atoms with Crippen LogP contribution in [0.1, 0.15) is 29.5 Å². The molecule has 0 unspecified atom stereocenters. The van der Waals surface area contributed by atoms with E-state index in [1.807, 2.05) is 12.1 Å². The van der Waals surface area contributed by atoms with Crippen molar-refractivity contribution in [2.45, 2.75) is 39.3 Å². The highest BCUT2D eigenvalue weighted by molar-refractivity contribution is 6.30. The maximum atomic E-state index is 6.07. The van der Waals surface area contributed by atoms with Crippen molar-refractivity contribution in [3.63, 3.8) is 0 Å². The molecular formula is C20H25ClN2. The third-order valence-corrected chi connectivity index (χ3v) is 4.71. The van der Waals surface area contributed by atoms with Gasteiger partial charge in [0.15, 0.2) is 0 Å². The van der Waals surface area contributed by atoms with Gasteiger partial charge in [-0.15, -0.1) is 0 Å². The van der Waals surface area contributed by atoms with Crippen molar-refractivity contribution in [1.82, 2.24) is 4.90 Å². The molecule has 0 radical (unpaired) electrons. The number of likely N-dealkylation sites (tertiary alicyclic amines) is 1. The Balaban J connectivity index is 1.52. The highest BCUT2D eigenvalue weighted by Gasteiger charge is 2.19. The Bertz CT molecular complexity index is 640. The molecule has 3 heteroatoms. The van der Waals surface area contributed by atoms with Crippen LogP contribution in [-0.2, 0) is 6.54 Å². The van der Waals surface area contributed by atoms with Crippen LogP contribution in [-0.4, -0.2) is 24.0 Å². The molecule has 0 saturated carbocycles. The summed E-state index contributed by atoms with van der Waals surface area (Å²) < 4.78 is 0. The number of benzene rings is 2. The van der Waals surface area contributed by atoms with Gasteiger partial charge in [-0.3, -0.25) is 4.90 Å². The van der Waals surface area contributed by atoms with Crippen LogP contribution in [0.2, 0.25) is 5.02 Å². The van der Waals surface area contributed by atoms with Crippen molar-refractivity contribution in [2.75, 3.05) is 18.4 Å². The number of rotatable bonds is 4. The average Bonchev–Trinajstić information content (AvgIpc) is 2.48. The molecule has 1 aliphatic rings. The first-order valence-corrected chi connectivity index (χ1v) is 8.78. The smallest absolute Gasteiger partial charge is 0.0409 e. The van der Waals surface area contributed by atoms with Crippen LogP contribution in [0.25, 0.3) is 0 Å². The van der Waals surface area contributed by atoms with Crippen molar-refractivity contribution in [2.24, 2.45) is 0 Å². The zero-order chi connectivity index (χ0) is 16.2. The number of anilines is 1. The van der Waals surface area contributed by atoms with E-state index in [1.54, 1.807) is 0 Å². The second-order valence-corrected chi connectivity index (χ2v) is 7.14. The van der Waals surface area contributed by atoms with E-state index in [1.165, 1.54) is 35.2 Å². The number of hydrogen-bond donors (Lipinski definition) is 1. The summed E-state index contributed by atoms with van der Waals surface area (Å²) >= 11 is 6.07. The lowest BCUT2D eigenvalue weighted by molar-refractivity contribution is 0.211. The number of aryl methyl sites for hydroxylation is 2. The van der Waals surface area contributed by atoms with Gasteiger partial charge in [-0.2, -0.15) is 0 Å². The summed E-state index contributed by atoms with van der Waals surface area (Å²) in [5, 5.41) is 4.54. The summed E-state index contributed by atoms with van der Waals surface area (Å²) in [5.41, 5.74) is 5.21. The minimum atomic E-state index is 0.576. The maximum Gasteiger partial charge on any atom is 0.0409 e. The highest BCUT2D eigenvalue weighted by atomic mass is 35.5. The molecule has 1 aliphatic heterocycles. The first kappa shape index (κ1) is 16.4. The Hall–Kier alpha value is -1.51. The third-order valence-electron chi connectivity index (χ3n) is 4.48. The van der Waals surface area contributed by atoms with Gasteiger partial charge >= 0.3 is 0 Å². The normalized spacial score (nSPS) is 16.5. The summed E-state index contributed by atoms with van der Waals surface area (Å²) in [4.78, 5) is 2.52. The molecule has 0 aromatic heterocycles. The molecule has 1 heterocycles. The Morgan fingerprint density at radius 2 is 1.74 bits per heavy atom. The predicted molar refractivity (Wildman–Crippen MR) is 99.3 cm³/mol. The SMILES string of the molecule is Cc1cc(C)cc(NC2CCN(Cc3cccc(Cl)c3)CC2)c1. The molecule has 0 amide bonds. The molecule has 2 aromatic rings. The first-order valence-electron chi connectivity index (χ1n) is 8.40. The molecule has 0 atom stereocenters. The van der Waals surface area contributed by atoms with E-state index >= 15 is 0 Å². The number of nitrogens with zero attached hydrogens (tertiary/aromatic N) is 1. The van der Waals surface area contributed by atoms with Gasteiger partial charge in [0.2, 0.25) is 0 Å². The van der Waals surface area contributed by atoms with Gasteiger partial charge in [-0.25, -0.2) is 0 Å². The zero-order valence-corrected chi connectivity index (χ0v) is 14.7. The topological polar surface area (TPSA) is 15.3 Å². The van der Waals surface area contributed by atoms with Gasteiger partial charge in [0, 0.05) is 36.4 Å². The molecule has 2 aromatic carbocycles. The molecule has 0 spiro atoms. The molecule has 23 heavy (non-hydrogen) atoms. The fourth-order valence-electron chi connectivity index (χ4n) is 3.42. The quantitative estimate of drug-likeness (QED) is 0.846. The van der Waals surface area contributed by atoms with Crippen LogP contribution in [0.5, 0.6) is 0 Å². The fraction of sp³-hybridized carbons (Fsp3) is 0.400. The summed E-state index contributed by atoms with van der Waals surface area (Å²) in [6, 6.07) is 15.5. The largest absolute Gasteiger partial charge is 0.382 e. The van der Waals surface area contributed by atoms with E-state index in [-0.39, 0.29) is 0 Å².